The molecule has 2 fully saturated rings. The first kappa shape index (κ1) is 23.0. The number of halogens is 1. The van der Waals surface area contributed by atoms with Gasteiger partial charge >= 0.3 is 5.97 Å². The maximum Gasteiger partial charge on any atom is 0.340 e. The van der Waals surface area contributed by atoms with E-state index in [0.29, 0.717) is 25.7 Å². The first-order chi connectivity index (χ1) is 14.4. The molecular weight excluding hydrogens is 432 g/mol. The molecule has 0 radical (unpaired) electrons. The Morgan fingerprint density at radius 1 is 1.17 bits per heavy atom. The molecule has 1 aromatic rings. The second-order valence-electron chi connectivity index (χ2n) is 7.54. The van der Waals surface area contributed by atoms with Gasteiger partial charge in [0.2, 0.25) is 10.0 Å². The lowest BCUT2D eigenvalue weighted by Crippen LogP contribution is -2.40. The molecule has 1 saturated carbocycles. The summed E-state index contributed by atoms with van der Waals surface area (Å²) in [5.41, 5.74) is -0.0916. The van der Waals surface area contributed by atoms with Crippen LogP contribution in [0, 0.1) is 5.92 Å². The lowest BCUT2D eigenvalue weighted by atomic mass is 9.89. The highest BCUT2D eigenvalue weighted by Gasteiger charge is 2.28. The standard InChI is InChI=1S/C20H27ClN2O6S/c21-18-7-6-16(30(26,27)23-8-10-28-11-9-23)12-17(18)20(25)29-14-19(24)22-13-15-4-2-1-3-5-15/h6-7,12,15H,1-5,8-11,13-14H2,(H,22,24). The van der Waals surface area contributed by atoms with Crippen LogP contribution in [-0.4, -0.2) is 64.1 Å². The zero-order chi connectivity index (χ0) is 21.6. The van der Waals surface area contributed by atoms with Gasteiger partial charge in [-0.25, -0.2) is 13.2 Å². The topological polar surface area (TPSA) is 102 Å². The van der Waals surface area contributed by atoms with Crippen LogP contribution in [0.2, 0.25) is 5.02 Å². The van der Waals surface area contributed by atoms with Gasteiger partial charge in [0, 0.05) is 19.6 Å². The average Bonchev–Trinajstić information content (AvgIpc) is 2.77. The maximum absolute atomic E-state index is 12.8. The highest BCUT2D eigenvalue weighted by atomic mass is 35.5. The molecule has 166 valence electrons. The quantitative estimate of drug-likeness (QED) is 0.628. The molecule has 0 aromatic heterocycles. The highest BCUT2D eigenvalue weighted by Crippen LogP contribution is 2.25. The number of amides is 1. The van der Waals surface area contributed by atoms with Crippen molar-refractivity contribution in [2.75, 3.05) is 39.5 Å². The number of esters is 1. The van der Waals surface area contributed by atoms with E-state index < -0.39 is 22.6 Å². The summed E-state index contributed by atoms with van der Waals surface area (Å²) in [5.74, 6) is -0.760. The predicted molar refractivity (Wildman–Crippen MR) is 111 cm³/mol. The van der Waals surface area contributed by atoms with E-state index in [1.54, 1.807) is 0 Å². The van der Waals surface area contributed by atoms with Gasteiger partial charge in [0.1, 0.15) is 0 Å². The van der Waals surface area contributed by atoms with E-state index in [-0.39, 0.29) is 34.5 Å². The van der Waals surface area contributed by atoms with Crippen molar-refractivity contribution in [3.05, 3.63) is 28.8 Å². The molecule has 0 atom stereocenters. The molecule has 8 nitrogen and oxygen atoms in total. The van der Waals surface area contributed by atoms with Crippen LogP contribution in [0.1, 0.15) is 42.5 Å². The summed E-state index contributed by atoms with van der Waals surface area (Å²) in [6, 6.07) is 3.88. The second kappa shape index (κ2) is 10.6. The van der Waals surface area contributed by atoms with Crippen LogP contribution >= 0.6 is 11.6 Å². The summed E-state index contributed by atoms with van der Waals surface area (Å²) in [6.45, 7) is 1.25. The zero-order valence-electron chi connectivity index (χ0n) is 16.8. The molecule has 0 unspecified atom stereocenters. The lowest BCUT2D eigenvalue weighted by molar-refractivity contribution is -0.124. The summed E-state index contributed by atoms with van der Waals surface area (Å²) in [5, 5.41) is 2.85. The van der Waals surface area contributed by atoms with Crippen molar-refractivity contribution in [3.63, 3.8) is 0 Å². The van der Waals surface area contributed by atoms with Crippen LogP contribution in [0.5, 0.6) is 0 Å². The number of rotatable bonds is 7. The normalized spacial score (nSPS) is 18.7. The molecule has 3 rings (SSSR count). The predicted octanol–water partition coefficient (Wildman–Crippen LogP) is 2.21. The van der Waals surface area contributed by atoms with Crippen molar-refractivity contribution in [3.8, 4) is 0 Å². The van der Waals surface area contributed by atoms with Gasteiger partial charge in [-0.1, -0.05) is 30.9 Å². The van der Waals surface area contributed by atoms with Crippen molar-refractivity contribution >= 4 is 33.5 Å². The number of carbonyl (C=O) groups is 2. The Kier molecular flexibility index (Phi) is 8.10. The number of benzene rings is 1. The minimum atomic E-state index is -3.78. The monoisotopic (exact) mass is 458 g/mol. The molecule has 1 amide bonds. The van der Waals surface area contributed by atoms with Crippen LogP contribution in [-0.2, 0) is 24.3 Å². The van der Waals surface area contributed by atoms with E-state index in [4.69, 9.17) is 21.1 Å². The molecule has 1 heterocycles. The fourth-order valence-electron chi connectivity index (χ4n) is 3.67. The first-order valence-electron chi connectivity index (χ1n) is 10.2. The second-order valence-corrected chi connectivity index (χ2v) is 9.89. The van der Waals surface area contributed by atoms with E-state index in [9.17, 15) is 18.0 Å². The Bertz CT molecular complexity index is 864. The van der Waals surface area contributed by atoms with Crippen molar-refractivity contribution in [1.82, 2.24) is 9.62 Å². The number of hydrogen-bond donors (Lipinski definition) is 1. The third-order valence-corrected chi connectivity index (χ3v) is 7.64. The van der Waals surface area contributed by atoms with E-state index in [1.165, 1.54) is 41.8 Å². The van der Waals surface area contributed by atoms with E-state index in [1.807, 2.05) is 0 Å². The fraction of sp³-hybridized carbons (Fsp3) is 0.600. The first-order valence-corrected chi connectivity index (χ1v) is 12.0. The lowest BCUT2D eigenvalue weighted by Gasteiger charge is -2.26. The van der Waals surface area contributed by atoms with E-state index >= 15 is 0 Å². The van der Waals surface area contributed by atoms with Crippen LogP contribution in [0.4, 0.5) is 0 Å². The van der Waals surface area contributed by atoms with E-state index in [0.717, 1.165) is 12.8 Å². The molecular formula is C20H27ClN2O6S. The van der Waals surface area contributed by atoms with E-state index in [2.05, 4.69) is 5.32 Å². The third kappa shape index (κ3) is 5.94. The number of hydrogen-bond acceptors (Lipinski definition) is 6. The van der Waals surface area contributed by atoms with Gasteiger partial charge in [0.25, 0.3) is 5.91 Å². The molecule has 2 aliphatic rings. The molecule has 10 heteroatoms. The van der Waals surface area contributed by atoms with Crippen LogP contribution in [0.15, 0.2) is 23.1 Å². The maximum atomic E-state index is 12.8. The minimum Gasteiger partial charge on any atom is -0.452 e. The number of ether oxygens (including phenoxy) is 2. The Hall–Kier alpha value is -1.68. The largest absolute Gasteiger partial charge is 0.452 e. The van der Waals surface area contributed by atoms with Gasteiger partial charge in [-0.2, -0.15) is 4.31 Å². The van der Waals surface area contributed by atoms with Gasteiger partial charge in [-0.05, 0) is 37.0 Å². The van der Waals surface area contributed by atoms with Crippen LogP contribution in [0.25, 0.3) is 0 Å². The Balaban J connectivity index is 1.58. The third-order valence-electron chi connectivity index (χ3n) is 5.41. The summed E-state index contributed by atoms with van der Waals surface area (Å²) < 4.78 is 37.1. The number of nitrogens with zero attached hydrogens (tertiary/aromatic N) is 1. The summed E-state index contributed by atoms with van der Waals surface area (Å²) in [7, 11) is -3.78. The SMILES string of the molecule is O=C(COC(=O)c1cc(S(=O)(=O)N2CCOCC2)ccc1Cl)NCC1CCCCC1. The molecule has 1 saturated heterocycles. The van der Waals surface area contributed by atoms with Gasteiger partial charge < -0.3 is 14.8 Å². The van der Waals surface area contributed by atoms with Gasteiger partial charge in [-0.3, -0.25) is 4.79 Å². The Morgan fingerprint density at radius 2 is 1.87 bits per heavy atom. The van der Waals surface area contributed by atoms with Crippen molar-refractivity contribution in [1.29, 1.82) is 0 Å². The number of nitrogens with one attached hydrogen (secondary N) is 1. The van der Waals surface area contributed by atoms with Crippen molar-refractivity contribution in [2.45, 2.75) is 37.0 Å². The molecule has 1 aliphatic heterocycles. The summed E-state index contributed by atoms with van der Waals surface area (Å²) in [6.07, 6.45) is 5.79. The van der Waals surface area contributed by atoms with Crippen molar-refractivity contribution < 1.29 is 27.5 Å². The Morgan fingerprint density at radius 3 is 2.57 bits per heavy atom. The summed E-state index contributed by atoms with van der Waals surface area (Å²) in [4.78, 5) is 24.4. The van der Waals surface area contributed by atoms with Crippen molar-refractivity contribution in [2.24, 2.45) is 5.92 Å². The number of carbonyl (C=O) groups excluding carboxylic acids is 2. The molecule has 0 bridgehead atoms. The minimum absolute atomic E-state index is 0.0532. The summed E-state index contributed by atoms with van der Waals surface area (Å²) >= 11 is 6.08. The zero-order valence-corrected chi connectivity index (χ0v) is 18.3. The van der Waals surface area contributed by atoms with Gasteiger partial charge in [0.15, 0.2) is 6.61 Å². The van der Waals surface area contributed by atoms with Gasteiger partial charge in [0.05, 0.1) is 28.7 Å². The number of morpholine rings is 1. The smallest absolute Gasteiger partial charge is 0.340 e. The highest BCUT2D eigenvalue weighted by molar-refractivity contribution is 7.89. The molecule has 1 aromatic carbocycles. The molecule has 30 heavy (non-hydrogen) atoms. The molecule has 1 N–H and O–H groups in total. The Labute approximate surface area is 181 Å². The fourth-order valence-corrected chi connectivity index (χ4v) is 5.30. The number of sulfonamides is 1. The average molecular weight is 459 g/mol. The van der Waals surface area contributed by atoms with Crippen LogP contribution in [0.3, 0.4) is 0 Å². The van der Waals surface area contributed by atoms with Gasteiger partial charge in [-0.15, -0.1) is 0 Å². The molecule has 0 spiro atoms. The molecule has 1 aliphatic carbocycles. The van der Waals surface area contributed by atoms with Crippen LogP contribution < -0.4 is 5.32 Å².